The van der Waals surface area contributed by atoms with Crippen LogP contribution in [-0.2, 0) is 14.2 Å². The molecule has 0 aliphatic rings. The van der Waals surface area contributed by atoms with Crippen molar-refractivity contribution in [3.63, 3.8) is 0 Å². The Balaban J connectivity index is 4.30. The van der Waals surface area contributed by atoms with Gasteiger partial charge in [-0.05, 0) is 37.5 Å². The predicted octanol–water partition coefficient (Wildman–Crippen LogP) is 7.78. The Bertz CT molecular complexity index is 814. The summed E-state index contributed by atoms with van der Waals surface area (Å²) in [4.78, 5) is 41.8. The average Bonchev–Trinajstić information content (AvgIpc) is 2.95. The minimum Gasteiger partial charge on any atom is -0.342 e. The molecule has 0 aromatic heterocycles. The highest BCUT2D eigenvalue weighted by Crippen LogP contribution is 2.35. The summed E-state index contributed by atoms with van der Waals surface area (Å²) in [6.07, 6.45) is 37.1. The minimum atomic E-state index is -3.85. The fourth-order valence-electron chi connectivity index (χ4n) is 5.47. The monoisotopic (exact) mass is 608 g/mol. The average molecular weight is 609 g/mol. The van der Waals surface area contributed by atoms with Crippen molar-refractivity contribution in [2.75, 3.05) is 6.16 Å². The summed E-state index contributed by atoms with van der Waals surface area (Å²) in [7, 11) is -3.85. The van der Waals surface area contributed by atoms with Gasteiger partial charge in [0.05, 0.1) is 0 Å². The maximum absolute atomic E-state index is 12.0. The molecule has 2 unspecified atom stereocenters. The molecule has 0 aliphatic carbocycles. The molecule has 2 amide bonds. The quantitative estimate of drug-likeness (QED) is 0.0393. The third-order valence-corrected chi connectivity index (χ3v) is 8.81. The van der Waals surface area contributed by atoms with Crippen molar-refractivity contribution in [2.24, 2.45) is 0 Å². The number of terminal acetylenes is 2. The molecule has 0 rings (SSSR count). The van der Waals surface area contributed by atoms with Crippen LogP contribution >= 0.6 is 7.60 Å². The molecule has 0 bridgehead atoms. The van der Waals surface area contributed by atoms with Crippen molar-refractivity contribution >= 4 is 19.4 Å². The zero-order chi connectivity index (χ0) is 31.3. The van der Waals surface area contributed by atoms with Gasteiger partial charge in [0.2, 0.25) is 0 Å². The Morgan fingerprint density at radius 1 is 0.595 bits per heavy atom. The standard InChI is InChI=1S/C34H61N2O5P/c1-4-7-8-9-10-11-12-15-18-21-24-27-31(35-33(37)5-2)30-32(36-34(38)6-3)28-25-22-19-16-13-14-17-20-23-26-29-42(39,40)41/h2-3,31-32H,4,7-30H2,1H3,(H,35,37)(H,36,38)(H2,39,40,41). The zero-order valence-electron chi connectivity index (χ0n) is 26.6. The van der Waals surface area contributed by atoms with E-state index in [2.05, 4.69) is 29.4 Å². The molecule has 0 aliphatic heterocycles. The first-order valence-corrected chi connectivity index (χ1v) is 18.6. The van der Waals surface area contributed by atoms with E-state index in [1.54, 1.807) is 0 Å². The fraction of sp³-hybridized carbons (Fsp3) is 0.824. The van der Waals surface area contributed by atoms with Crippen LogP contribution in [0, 0.1) is 24.7 Å². The van der Waals surface area contributed by atoms with Crippen molar-refractivity contribution in [1.82, 2.24) is 10.6 Å². The van der Waals surface area contributed by atoms with E-state index in [4.69, 9.17) is 22.6 Å². The van der Waals surface area contributed by atoms with Crippen molar-refractivity contribution in [1.29, 1.82) is 0 Å². The van der Waals surface area contributed by atoms with E-state index in [0.29, 0.717) is 12.8 Å². The molecule has 42 heavy (non-hydrogen) atoms. The lowest BCUT2D eigenvalue weighted by molar-refractivity contribution is -0.116. The smallest absolute Gasteiger partial charge is 0.325 e. The van der Waals surface area contributed by atoms with E-state index in [-0.39, 0.29) is 18.2 Å². The summed E-state index contributed by atoms with van der Waals surface area (Å²) in [5.41, 5.74) is 0. The van der Waals surface area contributed by atoms with Crippen LogP contribution in [0.2, 0.25) is 0 Å². The normalized spacial score (nSPS) is 12.7. The first kappa shape index (κ1) is 40.2. The van der Waals surface area contributed by atoms with Gasteiger partial charge in [-0.1, -0.05) is 135 Å². The Hall–Kier alpha value is -1.79. The van der Waals surface area contributed by atoms with Crippen LogP contribution < -0.4 is 10.6 Å². The number of hydrogen-bond acceptors (Lipinski definition) is 3. The Morgan fingerprint density at radius 3 is 1.21 bits per heavy atom. The maximum atomic E-state index is 12.0. The Morgan fingerprint density at radius 2 is 0.905 bits per heavy atom. The number of carbonyl (C=O) groups is 2. The highest BCUT2D eigenvalue weighted by atomic mass is 31.2. The van der Waals surface area contributed by atoms with E-state index in [0.717, 1.165) is 83.5 Å². The highest BCUT2D eigenvalue weighted by Gasteiger charge is 2.19. The summed E-state index contributed by atoms with van der Waals surface area (Å²) in [5.74, 6) is 3.48. The molecular formula is C34H61N2O5P. The van der Waals surface area contributed by atoms with Gasteiger partial charge in [0.1, 0.15) is 0 Å². The van der Waals surface area contributed by atoms with Gasteiger partial charge in [0, 0.05) is 18.2 Å². The van der Waals surface area contributed by atoms with E-state index in [1.165, 1.54) is 57.8 Å². The molecule has 0 saturated carbocycles. The summed E-state index contributed by atoms with van der Waals surface area (Å²) < 4.78 is 10.9. The molecule has 0 aromatic carbocycles. The summed E-state index contributed by atoms with van der Waals surface area (Å²) in [6, 6.07) is -0.186. The molecule has 7 nitrogen and oxygen atoms in total. The largest absolute Gasteiger partial charge is 0.342 e. The molecule has 8 heteroatoms. The van der Waals surface area contributed by atoms with Gasteiger partial charge in [-0.3, -0.25) is 14.2 Å². The molecule has 0 fully saturated rings. The van der Waals surface area contributed by atoms with Gasteiger partial charge >= 0.3 is 7.60 Å². The summed E-state index contributed by atoms with van der Waals surface area (Å²) >= 11 is 0. The first-order valence-electron chi connectivity index (χ1n) is 16.8. The van der Waals surface area contributed by atoms with Crippen LogP contribution in [0.25, 0.3) is 0 Å². The number of hydrogen-bond donors (Lipinski definition) is 4. The lowest BCUT2D eigenvalue weighted by atomic mass is 9.96. The molecule has 242 valence electrons. The fourth-order valence-corrected chi connectivity index (χ4v) is 6.11. The van der Waals surface area contributed by atoms with Crippen LogP contribution in [0.3, 0.4) is 0 Å². The number of unbranched alkanes of at least 4 members (excludes halogenated alkanes) is 19. The van der Waals surface area contributed by atoms with Crippen LogP contribution in [0.5, 0.6) is 0 Å². The molecule has 0 heterocycles. The topological polar surface area (TPSA) is 116 Å². The third kappa shape index (κ3) is 28.3. The van der Waals surface area contributed by atoms with E-state index < -0.39 is 19.4 Å². The molecule has 0 spiro atoms. The second-order valence-electron chi connectivity index (χ2n) is 11.9. The number of nitrogens with one attached hydrogen (secondary N) is 2. The van der Waals surface area contributed by atoms with Gasteiger partial charge in [-0.15, -0.1) is 12.8 Å². The van der Waals surface area contributed by atoms with Crippen molar-refractivity contribution in [2.45, 2.75) is 173 Å². The van der Waals surface area contributed by atoms with E-state index in [9.17, 15) is 14.2 Å². The van der Waals surface area contributed by atoms with Crippen molar-refractivity contribution in [3.8, 4) is 24.7 Å². The molecule has 0 radical (unpaired) electrons. The number of rotatable bonds is 29. The van der Waals surface area contributed by atoms with Crippen molar-refractivity contribution < 1.29 is 23.9 Å². The molecule has 2 atom stereocenters. The minimum absolute atomic E-state index is 0.00776. The molecule has 0 aromatic rings. The zero-order valence-corrected chi connectivity index (χ0v) is 27.4. The van der Waals surface area contributed by atoms with E-state index in [1.807, 2.05) is 0 Å². The highest BCUT2D eigenvalue weighted by molar-refractivity contribution is 7.51. The Kier molecular flexibility index (Phi) is 26.8. The van der Waals surface area contributed by atoms with Crippen LogP contribution in [0.15, 0.2) is 0 Å². The summed E-state index contributed by atoms with van der Waals surface area (Å²) in [5, 5.41) is 5.91. The van der Waals surface area contributed by atoms with Gasteiger partial charge in [-0.2, -0.15) is 0 Å². The first-order chi connectivity index (χ1) is 20.2. The van der Waals surface area contributed by atoms with Crippen LogP contribution in [0.4, 0.5) is 0 Å². The predicted molar refractivity (Wildman–Crippen MR) is 175 cm³/mol. The van der Waals surface area contributed by atoms with Gasteiger partial charge in [0.15, 0.2) is 0 Å². The molecule has 4 N–H and O–H groups in total. The lowest BCUT2D eigenvalue weighted by Crippen LogP contribution is -2.42. The molecular weight excluding hydrogens is 547 g/mol. The lowest BCUT2D eigenvalue weighted by Gasteiger charge is -2.24. The SMILES string of the molecule is C#CC(=O)NC(CCCCCCCCCCCCC)CC(CCCCCCCCCCCCP(=O)(O)O)NC(=O)C#C. The van der Waals surface area contributed by atoms with Crippen molar-refractivity contribution in [3.05, 3.63) is 0 Å². The molecule has 0 saturated heterocycles. The maximum Gasteiger partial charge on any atom is 0.325 e. The second kappa shape index (κ2) is 28.0. The van der Waals surface area contributed by atoms with Gasteiger partial charge in [0.25, 0.3) is 11.8 Å². The van der Waals surface area contributed by atoms with Crippen LogP contribution in [0.1, 0.15) is 161 Å². The number of carbonyl (C=O) groups excluding carboxylic acids is 2. The van der Waals surface area contributed by atoms with Gasteiger partial charge < -0.3 is 20.4 Å². The third-order valence-electron chi connectivity index (χ3n) is 7.91. The Labute approximate surface area is 257 Å². The van der Waals surface area contributed by atoms with Gasteiger partial charge in [-0.25, -0.2) is 0 Å². The van der Waals surface area contributed by atoms with E-state index >= 15 is 0 Å². The second-order valence-corrected chi connectivity index (χ2v) is 13.7. The van der Waals surface area contributed by atoms with Crippen LogP contribution in [-0.4, -0.2) is 39.8 Å². The summed E-state index contributed by atoms with van der Waals surface area (Å²) in [6.45, 7) is 2.25. The number of amides is 2.